The van der Waals surface area contributed by atoms with Crippen molar-refractivity contribution in [2.24, 2.45) is 0 Å². The summed E-state index contributed by atoms with van der Waals surface area (Å²) in [5.41, 5.74) is 0.969. The van der Waals surface area contributed by atoms with Gasteiger partial charge in [-0.3, -0.25) is 4.79 Å². The van der Waals surface area contributed by atoms with Crippen molar-refractivity contribution in [2.45, 2.75) is 13.0 Å². The van der Waals surface area contributed by atoms with Crippen LogP contribution in [0, 0.1) is 0 Å². The van der Waals surface area contributed by atoms with Gasteiger partial charge in [0.1, 0.15) is 5.75 Å². The molecule has 6 heteroatoms. The summed E-state index contributed by atoms with van der Waals surface area (Å²) in [4.78, 5) is 13.6. The second-order valence-electron chi connectivity index (χ2n) is 5.25. The Balaban J connectivity index is 2.21. The second kappa shape index (κ2) is 6.46. The number of fused-ring (bicyclic) bond motifs is 1. The highest BCUT2D eigenvalue weighted by Crippen LogP contribution is 2.23. The van der Waals surface area contributed by atoms with Crippen molar-refractivity contribution in [1.29, 1.82) is 0 Å². The Morgan fingerprint density at radius 2 is 1.82 bits per heavy atom. The molecule has 0 aliphatic heterocycles. The fourth-order valence-corrected chi connectivity index (χ4v) is 2.92. The molecule has 1 amide bonds. The van der Waals surface area contributed by atoms with E-state index in [4.69, 9.17) is 0 Å². The molecule has 0 aliphatic rings. The SMILES string of the molecule is CNS(=O)(=O)CC(=O)N(C)[C@H](C)c1ccc2ccccc2c1. The van der Waals surface area contributed by atoms with Gasteiger partial charge in [0.25, 0.3) is 0 Å². The van der Waals surface area contributed by atoms with Crippen molar-refractivity contribution in [3.05, 3.63) is 48.0 Å². The van der Waals surface area contributed by atoms with Gasteiger partial charge in [0.15, 0.2) is 0 Å². The van der Waals surface area contributed by atoms with Gasteiger partial charge in [-0.25, -0.2) is 13.1 Å². The van der Waals surface area contributed by atoms with Gasteiger partial charge in [-0.05, 0) is 36.4 Å². The van der Waals surface area contributed by atoms with Crippen LogP contribution in [-0.2, 0) is 14.8 Å². The zero-order chi connectivity index (χ0) is 16.3. The molecular formula is C16H20N2O3S. The Bertz CT molecular complexity index is 787. The number of benzene rings is 2. The minimum absolute atomic E-state index is 0.204. The summed E-state index contributed by atoms with van der Waals surface area (Å²) in [6, 6.07) is 13.8. The van der Waals surface area contributed by atoms with Crippen molar-refractivity contribution < 1.29 is 13.2 Å². The lowest BCUT2D eigenvalue weighted by molar-refractivity contribution is -0.129. The lowest BCUT2D eigenvalue weighted by Gasteiger charge is -2.25. The highest BCUT2D eigenvalue weighted by Gasteiger charge is 2.22. The molecular weight excluding hydrogens is 300 g/mol. The first kappa shape index (κ1) is 16.5. The van der Waals surface area contributed by atoms with Gasteiger partial charge in [0.05, 0.1) is 6.04 Å². The standard InChI is InChI=1S/C16H20N2O3S/c1-12(18(3)16(19)11-22(20,21)17-2)14-9-8-13-6-4-5-7-15(13)10-14/h4-10,12,17H,11H2,1-3H3/t12-/m1/s1. The smallest absolute Gasteiger partial charge is 0.239 e. The maximum Gasteiger partial charge on any atom is 0.239 e. The van der Waals surface area contributed by atoms with Crippen LogP contribution in [0.4, 0.5) is 0 Å². The number of rotatable bonds is 5. The van der Waals surface area contributed by atoms with Crippen molar-refractivity contribution in [3.63, 3.8) is 0 Å². The number of carbonyl (C=O) groups is 1. The van der Waals surface area contributed by atoms with Crippen LogP contribution in [0.3, 0.4) is 0 Å². The third-order valence-electron chi connectivity index (χ3n) is 3.85. The summed E-state index contributed by atoms with van der Waals surface area (Å²) in [5.74, 6) is -0.979. The van der Waals surface area contributed by atoms with Gasteiger partial charge >= 0.3 is 0 Å². The Labute approximate surface area is 131 Å². The molecule has 0 saturated heterocycles. The van der Waals surface area contributed by atoms with E-state index in [9.17, 15) is 13.2 Å². The number of hydrogen-bond donors (Lipinski definition) is 1. The van der Waals surface area contributed by atoms with E-state index < -0.39 is 21.7 Å². The summed E-state index contributed by atoms with van der Waals surface area (Å²) in [7, 11) is -0.636. The average Bonchev–Trinajstić information content (AvgIpc) is 2.52. The van der Waals surface area contributed by atoms with E-state index in [1.807, 2.05) is 49.4 Å². The monoisotopic (exact) mass is 320 g/mol. The molecule has 2 rings (SSSR count). The zero-order valence-electron chi connectivity index (χ0n) is 12.9. The number of hydrogen-bond acceptors (Lipinski definition) is 3. The topological polar surface area (TPSA) is 66.5 Å². The van der Waals surface area contributed by atoms with Gasteiger partial charge in [-0.1, -0.05) is 36.4 Å². The maximum atomic E-state index is 12.1. The molecule has 1 N–H and O–H groups in total. The maximum absolute atomic E-state index is 12.1. The van der Waals surface area contributed by atoms with Gasteiger partial charge < -0.3 is 4.90 Å². The van der Waals surface area contributed by atoms with E-state index in [1.54, 1.807) is 7.05 Å². The van der Waals surface area contributed by atoms with E-state index in [-0.39, 0.29) is 6.04 Å². The van der Waals surface area contributed by atoms with Crippen molar-refractivity contribution >= 4 is 26.7 Å². The van der Waals surface area contributed by atoms with Crippen LogP contribution >= 0.6 is 0 Å². The van der Waals surface area contributed by atoms with Crippen LogP contribution in [0.25, 0.3) is 10.8 Å². The van der Waals surface area contributed by atoms with E-state index in [0.29, 0.717) is 0 Å². The Kier molecular flexibility index (Phi) is 4.83. The van der Waals surface area contributed by atoms with Crippen LogP contribution in [0.5, 0.6) is 0 Å². The summed E-state index contributed by atoms with van der Waals surface area (Å²) in [6.45, 7) is 1.88. The molecule has 0 heterocycles. The summed E-state index contributed by atoms with van der Waals surface area (Å²) >= 11 is 0. The van der Waals surface area contributed by atoms with E-state index in [0.717, 1.165) is 16.3 Å². The lowest BCUT2D eigenvalue weighted by atomic mass is 10.0. The summed E-state index contributed by atoms with van der Waals surface area (Å²) < 4.78 is 25.1. The lowest BCUT2D eigenvalue weighted by Crippen LogP contribution is -2.37. The fraction of sp³-hybridized carbons (Fsp3) is 0.312. The molecule has 5 nitrogen and oxygen atoms in total. The molecule has 2 aromatic carbocycles. The number of amides is 1. The number of sulfonamides is 1. The van der Waals surface area contributed by atoms with Gasteiger partial charge in [-0.2, -0.15) is 0 Å². The van der Waals surface area contributed by atoms with Crippen molar-refractivity contribution in [1.82, 2.24) is 9.62 Å². The molecule has 118 valence electrons. The predicted molar refractivity (Wildman–Crippen MR) is 88.0 cm³/mol. The third kappa shape index (κ3) is 3.64. The van der Waals surface area contributed by atoms with Gasteiger partial charge in [0, 0.05) is 7.05 Å². The zero-order valence-corrected chi connectivity index (χ0v) is 13.7. The Morgan fingerprint density at radius 3 is 2.45 bits per heavy atom. The highest BCUT2D eigenvalue weighted by atomic mass is 32.2. The highest BCUT2D eigenvalue weighted by molar-refractivity contribution is 7.90. The quantitative estimate of drug-likeness (QED) is 0.915. The van der Waals surface area contributed by atoms with Crippen LogP contribution in [0.2, 0.25) is 0 Å². The van der Waals surface area contributed by atoms with Crippen LogP contribution < -0.4 is 4.72 Å². The predicted octanol–water partition coefficient (Wildman–Crippen LogP) is 1.91. The molecule has 0 spiro atoms. The van der Waals surface area contributed by atoms with Gasteiger partial charge in [-0.15, -0.1) is 0 Å². The Morgan fingerprint density at radius 1 is 1.18 bits per heavy atom. The normalized spacial score (nSPS) is 13.0. The molecule has 2 aromatic rings. The molecule has 0 saturated carbocycles. The summed E-state index contributed by atoms with van der Waals surface area (Å²) in [6.07, 6.45) is 0. The van der Waals surface area contributed by atoms with E-state index >= 15 is 0 Å². The Hall–Kier alpha value is -1.92. The van der Waals surface area contributed by atoms with Crippen LogP contribution in [-0.4, -0.2) is 39.1 Å². The largest absolute Gasteiger partial charge is 0.338 e. The molecule has 22 heavy (non-hydrogen) atoms. The molecule has 1 atom stereocenters. The van der Waals surface area contributed by atoms with Crippen molar-refractivity contribution in [2.75, 3.05) is 19.8 Å². The second-order valence-corrected chi connectivity index (χ2v) is 7.18. The van der Waals surface area contributed by atoms with E-state index in [2.05, 4.69) is 4.72 Å². The first-order chi connectivity index (χ1) is 10.3. The molecule has 0 aliphatic carbocycles. The number of nitrogens with one attached hydrogen (secondary N) is 1. The van der Waals surface area contributed by atoms with Gasteiger partial charge in [0.2, 0.25) is 15.9 Å². The number of nitrogens with zero attached hydrogens (tertiary/aromatic N) is 1. The summed E-state index contributed by atoms with van der Waals surface area (Å²) in [5, 5.41) is 2.22. The first-order valence-electron chi connectivity index (χ1n) is 6.99. The minimum atomic E-state index is -3.56. The fourth-order valence-electron chi connectivity index (χ4n) is 2.24. The first-order valence-corrected chi connectivity index (χ1v) is 8.65. The number of carbonyl (C=O) groups excluding carboxylic acids is 1. The molecule has 0 bridgehead atoms. The van der Waals surface area contributed by atoms with Crippen LogP contribution in [0.1, 0.15) is 18.5 Å². The van der Waals surface area contributed by atoms with E-state index in [1.165, 1.54) is 11.9 Å². The van der Waals surface area contributed by atoms with Crippen LogP contribution in [0.15, 0.2) is 42.5 Å². The molecule has 0 aromatic heterocycles. The minimum Gasteiger partial charge on any atom is -0.338 e. The molecule has 0 unspecified atom stereocenters. The van der Waals surface area contributed by atoms with Crippen molar-refractivity contribution in [3.8, 4) is 0 Å². The average molecular weight is 320 g/mol. The third-order valence-corrected chi connectivity index (χ3v) is 5.10. The molecule has 0 radical (unpaired) electrons. The molecule has 0 fully saturated rings.